The fourth-order valence-corrected chi connectivity index (χ4v) is 4.91. The number of benzene rings is 2. The maximum atomic E-state index is 14.1. The lowest BCUT2D eigenvalue weighted by Crippen LogP contribution is -2.48. The van der Waals surface area contributed by atoms with Crippen LogP contribution in [0.3, 0.4) is 0 Å². The maximum Gasteiger partial charge on any atom is 0.225 e. The van der Waals surface area contributed by atoms with Crippen LogP contribution in [0.1, 0.15) is 30.4 Å². The molecule has 1 amide bonds. The molecule has 2 fully saturated rings. The molecule has 3 nitrogen and oxygen atoms in total. The Kier molecular flexibility index (Phi) is 4.27. The van der Waals surface area contributed by atoms with Crippen molar-refractivity contribution in [1.82, 2.24) is 4.90 Å². The second-order valence-corrected chi connectivity index (χ2v) is 7.52. The molecule has 136 valence electrons. The van der Waals surface area contributed by atoms with Crippen LogP contribution in [-0.4, -0.2) is 22.9 Å². The number of carbonyl (C=O) groups is 1. The van der Waals surface area contributed by atoms with E-state index in [4.69, 9.17) is 5.73 Å². The van der Waals surface area contributed by atoms with E-state index in [1.54, 1.807) is 6.07 Å². The Labute approximate surface area is 151 Å². The molecular weight excluding hydrogens is 334 g/mol. The summed E-state index contributed by atoms with van der Waals surface area (Å²) in [4.78, 5) is 14.7. The molecule has 2 aliphatic rings. The van der Waals surface area contributed by atoms with E-state index in [1.807, 2.05) is 30.3 Å². The average Bonchev–Trinajstić information content (AvgIpc) is 3.15. The van der Waals surface area contributed by atoms with Crippen LogP contribution in [0.5, 0.6) is 0 Å². The molecule has 0 radical (unpaired) electrons. The summed E-state index contributed by atoms with van der Waals surface area (Å²) in [5.41, 5.74) is 6.65. The molecule has 0 spiro atoms. The third-order valence-electron chi connectivity index (χ3n) is 6.12. The van der Waals surface area contributed by atoms with E-state index in [-0.39, 0.29) is 18.0 Å². The van der Waals surface area contributed by atoms with Gasteiger partial charge in [0, 0.05) is 24.2 Å². The first-order chi connectivity index (χ1) is 12.5. The highest BCUT2D eigenvalue weighted by molar-refractivity contribution is 5.83. The number of amides is 1. The molecule has 2 N–H and O–H groups in total. The number of hydrogen-bond donors (Lipinski definition) is 1. The second-order valence-electron chi connectivity index (χ2n) is 7.52. The zero-order valence-corrected chi connectivity index (χ0v) is 14.5. The monoisotopic (exact) mass is 356 g/mol. The molecule has 0 aromatic heterocycles. The van der Waals surface area contributed by atoms with Crippen LogP contribution < -0.4 is 5.73 Å². The summed E-state index contributed by atoms with van der Waals surface area (Å²) in [5, 5.41) is 0. The molecule has 0 unspecified atom stereocenters. The number of halogens is 2. The van der Waals surface area contributed by atoms with E-state index in [0.717, 1.165) is 24.5 Å². The van der Waals surface area contributed by atoms with Gasteiger partial charge in [0.1, 0.15) is 0 Å². The first-order valence-corrected chi connectivity index (χ1v) is 9.04. The van der Waals surface area contributed by atoms with Crippen molar-refractivity contribution in [2.75, 3.05) is 0 Å². The Morgan fingerprint density at radius 3 is 2.62 bits per heavy atom. The fourth-order valence-electron chi connectivity index (χ4n) is 4.91. The quantitative estimate of drug-likeness (QED) is 0.892. The largest absolute Gasteiger partial charge is 0.369 e. The van der Waals surface area contributed by atoms with Gasteiger partial charge in [0.05, 0.1) is 5.41 Å². The van der Waals surface area contributed by atoms with Crippen LogP contribution in [-0.2, 0) is 17.8 Å². The first-order valence-electron chi connectivity index (χ1n) is 9.04. The lowest BCUT2D eigenvalue weighted by molar-refractivity contribution is -0.129. The number of nitrogens with zero attached hydrogens (tertiary/aromatic N) is 1. The van der Waals surface area contributed by atoms with Gasteiger partial charge in [-0.05, 0) is 37.3 Å². The number of primary amides is 1. The molecule has 3 atom stereocenters. The zero-order valence-electron chi connectivity index (χ0n) is 14.5. The van der Waals surface area contributed by atoms with E-state index < -0.39 is 17.0 Å². The van der Waals surface area contributed by atoms with E-state index in [0.29, 0.717) is 24.9 Å². The first kappa shape index (κ1) is 17.2. The van der Waals surface area contributed by atoms with Gasteiger partial charge in [-0.15, -0.1) is 0 Å². The van der Waals surface area contributed by atoms with Gasteiger partial charge in [0.15, 0.2) is 11.6 Å². The van der Waals surface area contributed by atoms with Crippen LogP contribution >= 0.6 is 0 Å². The molecule has 2 bridgehead atoms. The van der Waals surface area contributed by atoms with Crippen molar-refractivity contribution in [3.63, 3.8) is 0 Å². The number of rotatable bonds is 5. The van der Waals surface area contributed by atoms with E-state index in [1.165, 1.54) is 6.07 Å². The number of carbonyl (C=O) groups excluding carboxylic acids is 1. The minimum atomic E-state index is -0.834. The van der Waals surface area contributed by atoms with Gasteiger partial charge in [-0.25, -0.2) is 8.78 Å². The highest BCUT2D eigenvalue weighted by Gasteiger charge is 2.58. The van der Waals surface area contributed by atoms with Crippen molar-refractivity contribution in [1.29, 1.82) is 0 Å². The predicted molar refractivity (Wildman–Crippen MR) is 95.1 cm³/mol. The molecule has 2 aliphatic heterocycles. The normalized spacial score (nSPS) is 27.8. The average molecular weight is 356 g/mol. The van der Waals surface area contributed by atoms with Crippen LogP contribution in [0.4, 0.5) is 8.78 Å². The van der Waals surface area contributed by atoms with Gasteiger partial charge in [-0.2, -0.15) is 0 Å². The van der Waals surface area contributed by atoms with Gasteiger partial charge >= 0.3 is 0 Å². The van der Waals surface area contributed by atoms with Crippen molar-refractivity contribution < 1.29 is 13.6 Å². The smallest absolute Gasteiger partial charge is 0.225 e. The van der Waals surface area contributed by atoms with Gasteiger partial charge in [0.2, 0.25) is 5.91 Å². The highest BCUT2D eigenvalue weighted by Crippen LogP contribution is 2.52. The fraction of sp³-hybridized carbons (Fsp3) is 0.381. The predicted octanol–water partition coefficient (Wildman–Crippen LogP) is 3.42. The lowest BCUT2D eigenvalue weighted by atomic mass is 9.69. The molecule has 5 heteroatoms. The Hall–Kier alpha value is -2.27. The molecule has 2 aromatic rings. The van der Waals surface area contributed by atoms with Crippen LogP contribution in [0, 0.1) is 17.0 Å². The summed E-state index contributed by atoms with van der Waals surface area (Å²) in [5.74, 6) is -1.93. The van der Waals surface area contributed by atoms with Crippen molar-refractivity contribution >= 4 is 5.91 Å². The van der Waals surface area contributed by atoms with Crippen LogP contribution in [0.15, 0.2) is 48.5 Å². The standard InChI is InChI=1S/C21H22F2N2O/c22-17-8-4-7-15(19(17)23)13-25-16-9-10-18(25)21(12-16,20(24)26)11-14-5-2-1-3-6-14/h1-8,16,18H,9-13H2,(H2,24,26)/t16-,18+,21+/m0/s1. The molecule has 2 aromatic carbocycles. The molecule has 26 heavy (non-hydrogen) atoms. The number of fused-ring (bicyclic) bond motifs is 2. The Morgan fingerprint density at radius 1 is 1.12 bits per heavy atom. The summed E-state index contributed by atoms with van der Waals surface area (Å²) in [6, 6.07) is 14.3. The van der Waals surface area contributed by atoms with Gasteiger partial charge < -0.3 is 5.73 Å². The van der Waals surface area contributed by atoms with Crippen molar-refractivity contribution in [2.24, 2.45) is 11.1 Å². The molecule has 4 rings (SSSR count). The van der Waals surface area contributed by atoms with Crippen LogP contribution in [0.25, 0.3) is 0 Å². The summed E-state index contributed by atoms with van der Waals surface area (Å²) in [6.07, 6.45) is 3.09. The van der Waals surface area contributed by atoms with Gasteiger partial charge in [-0.1, -0.05) is 42.5 Å². The third kappa shape index (κ3) is 2.71. The number of nitrogens with two attached hydrogens (primary N) is 1. The molecule has 2 heterocycles. The SMILES string of the molecule is NC(=O)[C@]1(Cc2ccccc2)C[C@@H]2CC[C@H]1N2Cc1cccc(F)c1F. The molecular formula is C21H22F2N2O. The minimum Gasteiger partial charge on any atom is -0.369 e. The summed E-state index contributed by atoms with van der Waals surface area (Å²) >= 11 is 0. The van der Waals surface area contributed by atoms with Gasteiger partial charge in [0.25, 0.3) is 0 Å². The molecule has 0 saturated carbocycles. The Morgan fingerprint density at radius 2 is 1.88 bits per heavy atom. The van der Waals surface area contributed by atoms with Crippen molar-refractivity contribution in [3.05, 3.63) is 71.3 Å². The highest BCUT2D eigenvalue weighted by atomic mass is 19.2. The van der Waals surface area contributed by atoms with E-state index in [9.17, 15) is 13.6 Å². The second kappa shape index (κ2) is 6.47. The lowest BCUT2D eigenvalue weighted by Gasteiger charge is -2.35. The minimum absolute atomic E-state index is 0.0344. The van der Waals surface area contributed by atoms with E-state index in [2.05, 4.69) is 4.90 Å². The van der Waals surface area contributed by atoms with Gasteiger partial charge in [-0.3, -0.25) is 9.69 Å². The van der Waals surface area contributed by atoms with E-state index >= 15 is 0 Å². The molecule has 2 saturated heterocycles. The summed E-state index contributed by atoms with van der Waals surface area (Å²) in [6.45, 7) is 0.308. The Bertz CT molecular complexity index is 826. The molecule has 0 aliphatic carbocycles. The summed E-state index contributed by atoms with van der Waals surface area (Å²) < 4.78 is 27.7. The van der Waals surface area contributed by atoms with Crippen molar-refractivity contribution in [3.8, 4) is 0 Å². The summed E-state index contributed by atoms with van der Waals surface area (Å²) in [7, 11) is 0. The van der Waals surface area contributed by atoms with Crippen molar-refractivity contribution in [2.45, 2.75) is 44.3 Å². The number of hydrogen-bond acceptors (Lipinski definition) is 2. The zero-order chi connectivity index (χ0) is 18.3. The van der Waals surface area contributed by atoms with Crippen LogP contribution in [0.2, 0.25) is 0 Å². The third-order valence-corrected chi connectivity index (χ3v) is 6.12. The topological polar surface area (TPSA) is 46.3 Å². The Balaban J connectivity index is 1.63. The maximum absolute atomic E-state index is 14.1.